The summed E-state index contributed by atoms with van der Waals surface area (Å²) in [4.78, 5) is 17.5. The van der Waals surface area contributed by atoms with Crippen LogP contribution >= 0.6 is 11.3 Å². The van der Waals surface area contributed by atoms with Crippen molar-refractivity contribution in [1.29, 1.82) is 0 Å². The van der Waals surface area contributed by atoms with Crippen LogP contribution in [0.15, 0.2) is 47.5 Å². The quantitative estimate of drug-likeness (QED) is 0.615. The van der Waals surface area contributed by atoms with Gasteiger partial charge in [0.15, 0.2) is 16.3 Å². The molecule has 28 heavy (non-hydrogen) atoms. The van der Waals surface area contributed by atoms with Gasteiger partial charge in [-0.05, 0) is 37.3 Å². The number of carbonyl (C=O) groups excluding carboxylic acids is 1. The van der Waals surface area contributed by atoms with E-state index in [0.717, 1.165) is 5.52 Å². The minimum absolute atomic E-state index is 0.0951. The number of carbonyl (C=O) groups is 1. The third-order valence-corrected chi connectivity index (χ3v) is 5.34. The molecule has 1 atom stereocenters. The van der Waals surface area contributed by atoms with Crippen LogP contribution in [-0.4, -0.2) is 36.4 Å². The van der Waals surface area contributed by atoms with Gasteiger partial charge < -0.3 is 18.8 Å². The number of nitrogens with zero attached hydrogens (tertiary/aromatic N) is 2. The maximum absolute atomic E-state index is 13.6. The first kappa shape index (κ1) is 18.6. The molecule has 0 bridgehead atoms. The molecule has 8 heteroatoms. The lowest BCUT2D eigenvalue weighted by molar-refractivity contribution is -0.127. The third-order valence-electron chi connectivity index (χ3n) is 4.30. The van der Waals surface area contributed by atoms with Gasteiger partial charge in [0, 0.05) is 13.2 Å². The SMILES string of the molecule is CCOCCn1c(=NC(=O)C2COc3ccccc3O2)sc2cc(F)ccc21. The molecule has 0 radical (unpaired) electrons. The van der Waals surface area contributed by atoms with Crippen LogP contribution < -0.4 is 14.3 Å². The van der Waals surface area contributed by atoms with Gasteiger partial charge in [-0.1, -0.05) is 23.5 Å². The van der Waals surface area contributed by atoms with Crippen molar-refractivity contribution >= 4 is 27.5 Å². The molecule has 4 rings (SSSR count). The number of para-hydroxylation sites is 2. The number of rotatable bonds is 5. The van der Waals surface area contributed by atoms with Crippen molar-refractivity contribution in [3.8, 4) is 11.5 Å². The van der Waals surface area contributed by atoms with Crippen molar-refractivity contribution in [2.24, 2.45) is 4.99 Å². The summed E-state index contributed by atoms with van der Waals surface area (Å²) in [6, 6.07) is 11.7. The van der Waals surface area contributed by atoms with Crippen molar-refractivity contribution in [3.63, 3.8) is 0 Å². The van der Waals surface area contributed by atoms with E-state index in [2.05, 4.69) is 4.99 Å². The van der Waals surface area contributed by atoms with E-state index >= 15 is 0 Å². The van der Waals surface area contributed by atoms with Gasteiger partial charge in [-0.2, -0.15) is 4.99 Å². The highest BCUT2D eigenvalue weighted by molar-refractivity contribution is 7.16. The number of hydrogen-bond acceptors (Lipinski definition) is 5. The first-order chi connectivity index (χ1) is 13.7. The van der Waals surface area contributed by atoms with Gasteiger partial charge in [0.1, 0.15) is 12.4 Å². The molecule has 0 N–H and O–H groups in total. The lowest BCUT2D eigenvalue weighted by atomic mass is 10.2. The van der Waals surface area contributed by atoms with E-state index in [-0.39, 0.29) is 12.4 Å². The standard InChI is InChI=1S/C20H19FN2O4S/c1-2-25-10-9-23-14-8-7-13(21)11-18(14)28-20(23)22-19(24)17-12-26-15-5-3-4-6-16(15)27-17/h3-8,11,17H,2,9-10,12H2,1H3. The normalized spacial score (nSPS) is 16.5. The number of benzene rings is 2. The number of aromatic nitrogens is 1. The van der Waals surface area contributed by atoms with Crippen molar-refractivity contribution in [2.45, 2.75) is 19.6 Å². The Balaban J connectivity index is 1.66. The van der Waals surface area contributed by atoms with E-state index in [1.807, 2.05) is 23.6 Å². The van der Waals surface area contributed by atoms with Crippen LogP contribution in [0.4, 0.5) is 4.39 Å². The zero-order valence-electron chi connectivity index (χ0n) is 15.3. The smallest absolute Gasteiger partial charge is 0.292 e. The van der Waals surface area contributed by atoms with Crippen molar-refractivity contribution < 1.29 is 23.4 Å². The molecule has 1 aromatic heterocycles. The van der Waals surface area contributed by atoms with Crippen LogP contribution in [0.2, 0.25) is 0 Å². The molecule has 0 saturated heterocycles. The van der Waals surface area contributed by atoms with Gasteiger partial charge in [0.2, 0.25) is 6.10 Å². The summed E-state index contributed by atoms with van der Waals surface area (Å²) in [5.74, 6) is 0.358. The number of thiazole rings is 1. The first-order valence-electron chi connectivity index (χ1n) is 8.99. The second kappa shape index (κ2) is 8.12. The summed E-state index contributed by atoms with van der Waals surface area (Å²) in [5, 5.41) is 0. The Morgan fingerprint density at radius 3 is 2.96 bits per heavy atom. The Morgan fingerprint density at radius 1 is 1.32 bits per heavy atom. The Bertz CT molecular complexity index is 1080. The minimum Gasteiger partial charge on any atom is -0.485 e. The molecule has 0 spiro atoms. The predicted octanol–water partition coefficient (Wildman–Crippen LogP) is 3.15. The van der Waals surface area contributed by atoms with Crippen molar-refractivity contribution in [1.82, 2.24) is 4.57 Å². The molecule has 6 nitrogen and oxygen atoms in total. The zero-order valence-corrected chi connectivity index (χ0v) is 16.1. The van der Waals surface area contributed by atoms with E-state index < -0.39 is 12.0 Å². The number of amides is 1. The van der Waals surface area contributed by atoms with Gasteiger partial charge in [0.25, 0.3) is 5.91 Å². The van der Waals surface area contributed by atoms with E-state index in [1.54, 1.807) is 18.2 Å². The number of ether oxygens (including phenoxy) is 3. The lowest BCUT2D eigenvalue weighted by Crippen LogP contribution is -2.37. The molecule has 2 heterocycles. The molecule has 0 saturated carbocycles. The van der Waals surface area contributed by atoms with Gasteiger partial charge >= 0.3 is 0 Å². The van der Waals surface area contributed by atoms with E-state index in [9.17, 15) is 9.18 Å². The molecule has 3 aromatic rings. The van der Waals surface area contributed by atoms with Crippen LogP contribution in [0.25, 0.3) is 10.2 Å². The van der Waals surface area contributed by atoms with Gasteiger partial charge in [-0.15, -0.1) is 0 Å². The fraction of sp³-hybridized carbons (Fsp3) is 0.300. The average Bonchev–Trinajstić information content (AvgIpc) is 3.04. The van der Waals surface area contributed by atoms with Crippen molar-refractivity contribution in [2.75, 3.05) is 19.8 Å². The van der Waals surface area contributed by atoms with Gasteiger partial charge in [0.05, 0.1) is 16.8 Å². The van der Waals surface area contributed by atoms with E-state index in [1.165, 1.54) is 23.5 Å². The van der Waals surface area contributed by atoms with Gasteiger partial charge in [-0.25, -0.2) is 4.39 Å². The predicted molar refractivity (Wildman–Crippen MR) is 103 cm³/mol. The Morgan fingerprint density at radius 2 is 2.14 bits per heavy atom. The minimum atomic E-state index is -0.822. The fourth-order valence-corrected chi connectivity index (χ4v) is 4.04. The Labute approximate surface area is 164 Å². The van der Waals surface area contributed by atoms with E-state index in [4.69, 9.17) is 14.2 Å². The second-order valence-electron chi connectivity index (χ2n) is 6.16. The van der Waals surface area contributed by atoms with Crippen LogP contribution in [0.1, 0.15) is 6.92 Å². The number of fused-ring (bicyclic) bond motifs is 2. The fourth-order valence-electron chi connectivity index (χ4n) is 2.96. The zero-order chi connectivity index (χ0) is 19.5. The summed E-state index contributed by atoms with van der Waals surface area (Å²) in [6.45, 7) is 3.58. The highest BCUT2D eigenvalue weighted by Gasteiger charge is 2.27. The van der Waals surface area contributed by atoms with Gasteiger partial charge in [-0.3, -0.25) is 4.79 Å². The van der Waals surface area contributed by atoms with Crippen LogP contribution in [-0.2, 0) is 16.1 Å². The molecule has 1 unspecified atom stereocenters. The first-order valence-corrected chi connectivity index (χ1v) is 9.81. The van der Waals surface area contributed by atoms with Crippen LogP contribution in [0.5, 0.6) is 11.5 Å². The molecule has 1 aliphatic heterocycles. The topological polar surface area (TPSA) is 62.1 Å². The third kappa shape index (κ3) is 3.79. The Hall–Kier alpha value is -2.71. The largest absolute Gasteiger partial charge is 0.485 e. The summed E-state index contributed by atoms with van der Waals surface area (Å²) in [6.07, 6.45) is -0.822. The molecule has 146 valence electrons. The summed E-state index contributed by atoms with van der Waals surface area (Å²) in [7, 11) is 0. The number of halogens is 1. The summed E-state index contributed by atoms with van der Waals surface area (Å²) in [5.41, 5.74) is 0.809. The maximum Gasteiger partial charge on any atom is 0.292 e. The monoisotopic (exact) mass is 402 g/mol. The van der Waals surface area contributed by atoms with E-state index in [0.29, 0.717) is 40.8 Å². The maximum atomic E-state index is 13.6. The molecule has 0 aliphatic carbocycles. The van der Waals surface area contributed by atoms with Crippen molar-refractivity contribution in [3.05, 3.63) is 53.1 Å². The summed E-state index contributed by atoms with van der Waals surface area (Å²) < 4.78 is 33.0. The molecular weight excluding hydrogens is 383 g/mol. The molecule has 1 amide bonds. The highest BCUT2D eigenvalue weighted by Crippen LogP contribution is 2.31. The van der Waals surface area contributed by atoms with Crippen LogP contribution in [0, 0.1) is 5.82 Å². The number of hydrogen-bond donors (Lipinski definition) is 0. The molecule has 0 fully saturated rings. The highest BCUT2D eigenvalue weighted by atomic mass is 32.1. The Kier molecular flexibility index (Phi) is 5.40. The second-order valence-corrected chi connectivity index (χ2v) is 7.17. The molecular formula is C20H19FN2O4S. The summed E-state index contributed by atoms with van der Waals surface area (Å²) >= 11 is 1.26. The average molecular weight is 402 g/mol. The van der Waals surface area contributed by atoms with Crippen LogP contribution in [0.3, 0.4) is 0 Å². The lowest BCUT2D eigenvalue weighted by Gasteiger charge is -2.23. The molecule has 1 aliphatic rings. The molecule has 2 aromatic carbocycles.